The van der Waals surface area contributed by atoms with Crippen LogP contribution in [-0.4, -0.2) is 46.1 Å². The summed E-state index contributed by atoms with van der Waals surface area (Å²) < 4.78 is 10.7. The van der Waals surface area contributed by atoms with Crippen molar-refractivity contribution in [2.75, 3.05) is 0 Å². The van der Waals surface area contributed by atoms with Crippen molar-refractivity contribution in [2.24, 2.45) is 0 Å². The average molecular weight is 362 g/mol. The Labute approximate surface area is 153 Å². The minimum atomic E-state index is -2.08. The first kappa shape index (κ1) is 20.1. The van der Waals surface area contributed by atoms with Gasteiger partial charge in [-0.1, -0.05) is 24.3 Å². The summed E-state index contributed by atoms with van der Waals surface area (Å²) in [6.07, 6.45) is 2.57. The van der Waals surface area contributed by atoms with E-state index in [1.807, 2.05) is 13.0 Å². The largest absolute Gasteiger partial charge is 0.452 e. The molecule has 0 spiro atoms. The van der Waals surface area contributed by atoms with Crippen LogP contribution in [0, 0.1) is 0 Å². The Balaban J connectivity index is 2.51. The zero-order valence-corrected chi connectivity index (χ0v) is 15.6. The van der Waals surface area contributed by atoms with Crippen LogP contribution in [0.3, 0.4) is 0 Å². The molecule has 2 aliphatic rings. The number of rotatable bonds is 2. The first-order valence-corrected chi connectivity index (χ1v) is 8.61. The molecule has 0 saturated carbocycles. The number of hydrogen-bond donors (Lipinski definition) is 2. The molecule has 1 aliphatic carbocycles. The third-order valence-corrected chi connectivity index (χ3v) is 5.01. The van der Waals surface area contributed by atoms with Crippen molar-refractivity contribution >= 4 is 11.9 Å². The lowest BCUT2D eigenvalue weighted by Gasteiger charge is -2.36. The van der Waals surface area contributed by atoms with Gasteiger partial charge in [-0.25, -0.2) is 9.59 Å². The fourth-order valence-corrected chi connectivity index (χ4v) is 3.07. The van der Waals surface area contributed by atoms with Gasteiger partial charge in [0, 0.05) is 5.57 Å². The number of aliphatic hydroxyl groups excluding tert-OH is 1. The van der Waals surface area contributed by atoms with E-state index in [-0.39, 0.29) is 5.57 Å². The standard InChI is InChI=1S/C20H26O6/c1-6-12(3)18(22)26-16-13(4)9-7-8-11(2)10-15-20(24,17(16)21)14(5)19(23)25-15/h6,9-10,15-17,21,24H,5,7-8H2,1-4H3/b11-10+,12-6-,13-9+/t15-,16+,17-,20+/m0/s1. The van der Waals surface area contributed by atoms with Gasteiger partial charge in [-0.15, -0.1) is 0 Å². The molecule has 1 heterocycles. The van der Waals surface area contributed by atoms with E-state index in [0.29, 0.717) is 24.0 Å². The Hall–Kier alpha value is -2.18. The van der Waals surface area contributed by atoms with Gasteiger partial charge in [0.25, 0.3) is 0 Å². The third-order valence-electron chi connectivity index (χ3n) is 5.01. The quantitative estimate of drug-likeness (QED) is 0.444. The third kappa shape index (κ3) is 3.52. The second kappa shape index (κ2) is 7.60. The van der Waals surface area contributed by atoms with Crippen LogP contribution in [0.4, 0.5) is 0 Å². The van der Waals surface area contributed by atoms with Crippen LogP contribution in [0.15, 0.2) is 47.1 Å². The number of fused-ring (bicyclic) bond motifs is 1. The van der Waals surface area contributed by atoms with Crippen LogP contribution in [0.25, 0.3) is 0 Å². The number of allylic oxidation sites excluding steroid dienone is 3. The lowest BCUT2D eigenvalue weighted by atomic mass is 9.79. The highest BCUT2D eigenvalue weighted by atomic mass is 16.6. The normalized spacial score (nSPS) is 37.0. The summed E-state index contributed by atoms with van der Waals surface area (Å²) in [6, 6.07) is 0. The van der Waals surface area contributed by atoms with Gasteiger partial charge < -0.3 is 19.7 Å². The zero-order valence-electron chi connectivity index (χ0n) is 15.6. The predicted molar refractivity (Wildman–Crippen MR) is 96.0 cm³/mol. The molecule has 0 amide bonds. The molecular weight excluding hydrogens is 336 g/mol. The molecule has 2 N–H and O–H groups in total. The smallest absolute Gasteiger partial charge is 0.337 e. The molecule has 0 unspecified atom stereocenters. The maximum absolute atomic E-state index is 12.2. The Bertz CT molecular complexity index is 714. The first-order valence-electron chi connectivity index (χ1n) is 8.61. The van der Waals surface area contributed by atoms with Crippen LogP contribution in [0.1, 0.15) is 40.5 Å². The minimum Gasteiger partial charge on any atom is -0.452 e. The molecule has 0 radical (unpaired) electrons. The van der Waals surface area contributed by atoms with Gasteiger partial charge in [0.05, 0.1) is 5.57 Å². The molecule has 2 rings (SSSR count). The fourth-order valence-electron chi connectivity index (χ4n) is 3.07. The first-order chi connectivity index (χ1) is 12.1. The second-order valence-corrected chi connectivity index (χ2v) is 6.87. The molecule has 4 atom stereocenters. The number of esters is 2. The second-order valence-electron chi connectivity index (χ2n) is 6.87. The minimum absolute atomic E-state index is 0.253. The molecule has 142 valence electrons. The van der Waals surface area contributed by atoms with E-state index in [2.05, 4.69) is 6.58 Å². The average Bonchev–Trinajstić information content (AvgIpc) is 2.81. The number of aliphatic hydroxyl groups is 2. The van der Waals surface area contributed by atoms with Gasteiger partial charge >= 0.3 is 11.9 Å². The molecule has 6 nitrogen and oxygen atoms in total. The van der Waals surface area contributed by atoms with Crippen LogP contribution < -0.4 is 0 Å². The molecule has 26 heavy (non-hydrogen) atoms. The van der Waals surface area contributed by atoms with Crippen LogP contribution in [0.2, 0.25) is 0 Å². The summed E-state index contributed by atoms with van der Waals surface area (Å²) in [4.78, 5) is 24.2. The van der Waals surface area contributed by atoms with E-state index in [1.165, 1.54) is 0 Å². The molecule has 0 aromatic heterocycles. The highest BCUT2D eigenvalue weighted by Gasteiger charge is 2.58. The molecule has 0 aromatic carbocycles. The number of carbonyl (C=O) groups is 2. The van der Waals surface area contributed by atoms with Gasteiger partial charge in [0.2, 0.25) is 0 Å². The van der Waals surface area contributed by atoms with E-state index in [9.17, 15) is 19.8 Å². The van der Waals surface area contributed by atoms with Crippen molar-refractivity contribution in [3.63, 3.8) is 0 Å². The Morgan fingerprint density at radius 2 is 2.12 bits per heavy atom. The Morgan fingerprint density at radius 1 is 1.46 bits per heavy atom. The van der Waals surface area contributed by atoms with Crippen molar-refractivity contribution in [3.8, 4) is 0 Å². The molecule has 1 aliphatic heterocycles. The number of ether oxygens (including phenoxy) is 2. The zero-order chi connectivity index (χ0) is 19.6. The van der Waals surface area contributed by atoms with Gasteiger partial charge in [0.1, 0.15) is 6.10 Å². The molecule has 1 saturated heterocycles. The highest BCUT2D eigenvalue weighted by Crippen LogP contribution is 2.39. The van der Waals surface area contributed by atoms with Crippen molar-refractivity contribution in [3.05, 3.63) is 47.1 Å². The van der Waals surface area contributed by atoms with Crippen molar-refractivity contribution in [1.82, 2.24) is 0 Å². The van der Waals surface area contributed by atoms with Gasteiger partial charge in [0.15, 0.2) is 17.8 Å². The summed E-state index contributed by atoms with van der Waals surface area (Å²) in [6.45, 7) is 10.5. The lowest BCUT2D eigenvalue weighted by Crippen LogP contribution is -2.56. The Morgan fingerprint density at radius 3 is 2.73 bits per heavy atom. The fraction of sp³-hybridized carbons (Fsp3) is 0.500. The predicted octanol–water partition coefficient (Wildman–Crippen LogP) is 2.12. The van der Waals surface area contributed by atoms with Gasteiger partial charge in [-0.3, -0.25) is 0 Å². The number of hydrogen-bond acceptors (Lipinski definition) is 6. The van der Waals surface area contributed by atoms with Crippen LogP contribution in [-0.2, 0) is 19.1 Å². The van der Waals surface area contributed by atoms with E-state index in [1.54, 1.807) is 32.9 Å². The number of carbonyl (C=O) groups excluding carboxylic acids is 2. The molecule has 0 aromatic rings. The van der Waals surface area contributed by atoms with E-state index in [0.717, 1.165) is 5.57 Å². The maximum Gasteiger partial charge on any atom is 0.337 e. The summed E-state index contributed by atoms with van der Waals surface area (Å²) >= 11 is 0. The molecule has 1 fully saturated rings. The summed E-state index contributed by atoms with van der Waals surface area (Å²) in [7, 11) is 0. The van der Waals surface area contributed by atoms with E-state index >= 15 is 0 Å². The van der Waals surface area contributed by atoms with Crippen molar-refractivity contribution in [2.45, 2.75) is 64.4 Å². The lowest BCUT2D eigenvalue weighted by molar-refractivity contribution is -0.163. The van der Waals surface area contributed by atoms with Crippen LogP contribution in [0.5, 0.6) is 0 Å². The Kier molecular flexibility index (Phi) is 5.88. The summed E-state index contributed by atoms with van der Waals surface area (Å²) in [5.74, 6) is -1.39. The van der Waals surface area contributed by atoms with E-state index < -0.39 is 35.9 Å². The summed E-state index contributed by atoms with van der Waals surface area (Å²) in [5, 5.41) is 22.1. The van der Waals surface area contributed by atoms with E-state index in [4.69, 9.17) is 9.47 Å². The highest BCUT2D eigenvalue weighted by molar-refractivity contribution is 5.93. The maximum atomic E-state index is 12.2. The monoisotopic (exact) mass is 362 g/mol. The van der Waals surface area contributed by atoms with Gasteiger partial charge in [-0.2, -0.15) is 0 Å². The van der Waals surface area contributed by atoms with Gasteiger partial charge in [-0.05, 0) is 52.2 Å². The summed E-state index contributed by atoms with van der Waals surface area (Å²) in [5.41, 5.74) is -0.467. The molecule has 0 bridgehead atoms. The topological polar surface area (TPSA) is 93.1 Å². The van der Waals surface area contributed by atoms with Crippen molar-refractivity contribution < 1.29 is 29.3 Å². The SMILES string of the molecule is C=C1C(=O)O[C@H]2/C=C(\C)CC/C=C(\C)[C@@H](OC(=O)/C(C)=C\C)[C@H](O)[C@@]12O. The van der Waals surface area contributed by atoms with Crippen molar-refractivity contribution in [1.29, 1.82) is 0 Å². The molecule has 6 heteroatoms. The molecular formula is C20H26O6. The van der Waals surface area contributed by atoms with Crippen LogP contribution >= 0.6 is 0 Å².